The number of carbonyl (C=O) groups excluding carboxylic acids is 1. The molecule has 0 fully saturated rings. The molecule has 1 heterocycles. The van der Waals surface area contributed by atoms with Gasteiger partial charge in [0.15, 0.2) is 7.37 Å². The fourth-order valence-corrected chi connectivity index (χ4v) is 4.80. The number of thioether (sulfide) groups is 1. The summed E-state index contributed by atoms with van der Waals surface area (Å²) in [6, 6.07) is 7.32. The molecule has 3 aromatic rings. The van der Waals surface area contributed by atoms with Crippen molar-refractivity contribution in [2.75, 3.05) is 32.0 Å². The largest absolute Gasteiger partial charge is 0.480 e. The zero-order chi connectivity index (χ0) is 36.3. The molecule has 6 N–H and O–H groups in total. The molecule has 2 aromatic carbocycles. The number of esters is 1. The van der Waals surface area contributed by atoms with E-state index in [1.807, 2.05) is 20.8 Å². The predicted octanol–water partition coefficient (Wildman–Crippen LogP) is 4.54. The van der Waals surface area contributed by atoms with Gasteiger partial charge in [-0.25, -0.2) is 4.79 Å². The maximum absolute atomic E-state index is 11.7. The van der Waals surface area contributed by atoms with Crippen LogP contribution in [0.25, 0.3) is 0 Å². The van der Waals surface area contributed by atoms with E-state index in [1.54, 1.807) is 18.4 Å². The summed E-state index contributed by atoms with van der Waals surface area (Å²) in [5, 5.41) is 28.1. The van der Waals surface area contributed by atoms with E-state index in [4.69, 9.17) is 49.5 Å². The fraction of sp³-hybridized carbons (Fsp3) is 0.370. The summed E-state index contributed by atoms with van der Waals surface area (Å²) in [4.78, 5) is 52.5. The van der Waals surface area contributed by atoms with Crippen LogP contribution in [0, 0.1) is 10.1 Å². The number of nitro groups is 1. The minimum Gasteiger partial charge on any atom is -0.480 e. The normalized spacial score (nSPS) is 12.6. The SMILES string of the molecule is COC(=O)c1cc(Oc2ccc(Cl)cc2Cl)ccc1[N+](=O)[O-].CP(=O)(O)CCC(N)C(=O)O.CSc1nnc(C(C)(C)C)c(=O)n1N. The number of methoxy groups -OCH3 is 1. The molecule has 1 aromatic heterocycles. The number of nitrogens with two attached hydrogens (primary N) is 2. The molecule has 0 amide bonds. The Morgan fingerprint density at radius 3 is 2.28 bits per heavy atom. The van der Waals surface area contributed by atoms with Crippen LogP contribution in [0.4, 0.5) is 5.69 Å². The second kappa shape index (κ2) is 18.0. The van der Waals surface area contributed by atoms with Crippen LogP contribution >= 0.6 is 42.3 Å². The quantitative estimate of drug-likeness (QED) is 0.0587. The molecular formula is C27H35Cl2N6O10PS. The van der Waals surface area contributed by atoms with Gasteiger partial charge >= 0.3 is 11.9 Å². The van der Waals surface area contributed by atoms with Crippen molar-refractivity contribution in [2.45, 2.75) is 43.8 Å². The highest BCUT2D eigenvalue weighted by Gasteiger charge is 2.23. The number of benzene rings is 2. The lowest BCUT2D eigenvalue weighted by Crippen LogP contribution is -2.37. The van der Waals surface area contributed by atoms with Crippen LogP contribution in [-0.4, -0.2) is 74.0 Å². The first-order valence-electron chi connectivity index (χ1n) is 13.2. The zero-order valence-corrected chi connectivity index (χ0v) is 29.4. The third-order valence-electron chi connectivity index (χ3n) is 5.62. The molecule has 258 valence electrons. The van der Waals surface area contributed by atoms with E-state index in [-0.39, 0.29) is 45.6 Å². The summed E-state index contributed by atoms with van der Waals surface area (Å²) in [7, 11) is -1.97. The van der Waals surface area contributed by atoms with Gasteiger partial charge < -0.3 is 31.1 Å². The topological polar surface area (TPSA) is 253 Å². The Bertz CT molecular complexity index is 1700. The first-order chi connectivity index (χ1) is 21.6. The monoisotopic (exact) mass is 736 g/mol. The highest BCUT2D eigenvalue weighted by molar-refractivity contribution is 7.98. The number of carbonyl (C=O) groups is 2. The van der Waals surface area contributed by atoms with Crippen molar-refractivity contribution < 1.29 is 38.6 Å². The standard InChI is InChI=1S/C14H9Cl2NO5.C8H14N4OS.C5H12NO4P/c1-21-14(18)10-7-9(3-4-12(10)17(19)20)22-13-5-2-8(15)6-11(13)16;1-8(2,3)5-6(13)12(9)7(14-4)11-10-5;1-11(9,10)3-2-4(6)5(7)8/h2-7H,1H3;9H2,1-4H3;4H,2-3,6H2,1H3,(H,7,8)(H,9,10). The number of hydrogen-bond acceptors (Lipinski definition) is 13. The number of carboxylic acid groups (broad SMARTS) is 1. The summed E-state index contributed by atoms with van der Waals surface area (Å²) < 4.78 is 21.7. The lowest BCUT2D eigenvalue weighted by molar-refractivity contribution is -0.385. The Labute approximate surface area is 283 Å². The van der Waals surface area contributed by atoms with Gasteiger partial charge in [0.1, 0.15) is 28.8 Å². The molecule has 0 aliphatic carbocycles. The summed E-state index contributed by atoms with van der Waals surface area (Å²) in [6.07, 6.45) is 1.80. The number of hydrogen-bond donors (Lipinski definition) is 4. The zero-order valence-electron chi connectivity index (χ0n) is 26.2. The maximum atomic E-state index is 11.7. The molecule has 0 saturated carbocycles. The minimum absolute atomic E-state index is 0.0412. The number of nitrogens with zero attached hydrogens (tertiary/aromatic N) is 4. The van der Waals surface area contributed by atoms with Crippen molar-refractivity contribution in [1.82, 2.24) is 14.9 Å². The Morgan fingerprint density at radius 2 is 1.81 bits per heavy atom. The number of aromatic nitrogens is 3. The molecule has 0 bridgehead atoms. The van der Waals surface area contributed by atoms with E-state index in [0.717, 1.165) is 17.9 Å². The molecule has 47 heavy (non-hydrogen) atoms. The predicted molar refractivity (Wildman–Crippen MR) is 179 cm³/mol. The summed E-state index contributed by atoms with van der Waals surface area (Å²) in [5.74, 6) is 4.10. The average Bonchev–Trinajstić information content (AvgIpc) is 2.97. The lowest BCUT2D eigenvalue weighted by atomic mass is 9.93. The van der Waals surface area contributed by atoms with Crippen LogP contribution in [-0.2, 0) is 19.5 Å². The van der Waals surface area contributed by atoms with Crippen molar-refractivity contribution in [1.29, 1.82) is 0 Å². The third-order valence-corrected chi connectivity index (χ3v) is 7.88. The number of nitro benzene ring substituents is 1. The van der Waals surface area contributed by atoms with E-state index in [9.17, 15) is 29.1 Å². The number of rotatable bonds is 9. The van der Waals surface area contributed by atoms with Crippen molar-refractivity contribution in [3.63, 3.8) is 0 Å². The van der Waals surface area contributed by atoms with E-state index < -0.39 is 30.3 Å². The first-order valence-corrected chi connectivity index (χ1v) is 17.5. The number of halogens is 2. The molecule has 2 atom stereocenters. The highest BCUT2D eigenvalue weighted by Crippen LogP contribution is 2.36. The van der Waals surface area contributed by atoms with E-state index in [1.165, 1.54) is 36.6 Å². The van der Waals surface area contributed by atoms with Crippen LogP contribution in [0.1, 0.15) is 43.2 Å². The van der Waals surface area contributed by atoms with E-state index in [2.05, 4.69) is 14.9 Å². The van der Waals surface area contributed by atoms with Gasteiger partial charge in [-0.1, -0.05) is 55.7 Å². The van der Waals surface area contributed by atoms with Crippen molar-refractivity contribution >= 4 is 60.0 Å². The minimum atomic E-state index is -3.10. The molecular weight excluding hydrogens is 702 g/mol. The molecule has 0 spiro atoms. The summed E-state index contributed by atoms with van der Waals surface area (Å²) >= 11 is 13.1. The van der Waals surface area contributed by atoms with E-state index in [0.29, 0.717) is 21.6 Å². The Hall–Kier alpha value is -3.73. The third kappa shape index (κ3) is 13.5. The van der Waals surface area contributed by atoms with Gasteiger partial charge in [0.25, 0.3) is 11.2 Å². The van der Waals surface area contributed by atoms with Crippen molar-refractivity contribution in [2.24, 2.45) is 5.73 Å². The average molecular weight is 738 g/mol. The first kappa shape index (κ1) is 41.3. The molecule has 0 saturated heterocycles. The highest BCUT2D eigenvalue weighted by atomic mass is 35.5. The number of nitrogen functional groups attached to an aromatic ring is 1. The lowest BCUT2D eigenvalue weighted by Gasteiger charge is -2.16. The van der Waals surface area contributed by atoms with E-state index >= 15 is 0 Å². The summed E-state index contributed by atoms with van der Waals surface area (Å²) in [6.45, 7) is 6.88. The van der Waals surface area contributed by atoms with Crippen molar-refractivity contribution in [3.8, 4) is 11.5 Å². The van der Waals surface area contributed by atoms with Gasteiger partial charge in [-0.2, -0.15) is 4.68 Å². The number of aliphatic carboxylic acids is 1. The fourth-order valence-electron chi connectivity index (χ4n) is 3.19. The van der Waals surface area contributed by atoms with Gasteiger partial charge in [0.2, 0.25) is 5.16 Å². The van der Waals surface area contributed by atoms with Gasteiger partial charge in [-0.05, 0) is 36.9 Å². The van der Waals surface area contributed by atoms with Crippen molar-refractivity contribution in [3.05, 3.63) is 78.2 Å². The maximum Gasteiger partial charge on any atom is 0.345 e. The van der Waals surface area contributed by atoms with Gasteiger partial charge in [0, 0.05) is 35.4 Å². The Balaban J connectivity index is 0.000000381. The van der Waals surface area contributed by atoms with Crippen LogP contribution in [0.5, 0.6) is 11.5 Å². The molecule has 3 rings (SSSR count). The second-order valence-corrected chi connectivity index (χ2v) is 14.7. The molecule has 20 heteroatoms. The Kier molecular flexibility index (Phi) is 15.8. The van der Waals surface area contributed by atoms with Gasteiger partial charge in [-0.3, -0.25) is 24.3 Å². The van der Waals surface area contributed by atoms with Crippen LogP contribution in [0.15, 0.2) is 46.3 Å². The molecule has 16 nitrogen and oxygen atoms in total. The van der Waals surface area contributed by atoms with Crippen LogP contribution in [0.2, 0.25) is 10.0 Å². The summed E-state index contributed by atoms with van der Waals surface area (Å²) in [5.41, 5.74) is 4.28. The number of carboxylic acids is 1. The molecule has 0 aliphatic heterocycles. The van der Waals surface area contributed by atoms with Crippen LogP contribution in [0.3, 0.4) is 0 Å². The smallest absolute Gasteiger partial charge is 0.345 e. The molecule has 0 radical (unpaired) electrons. The molecule has 2 unspecified atom stereocenters. The molecule has 0 aliphatic rings. The van der Waals surface area contributed by atoms with Crippen LogP contribution < -0.4 is 21.9 Å². The van der Waals surface area contributed by atoms with Gasteiger partial charge in [0.05, 0.1) is 17.1 Å². The second-order valence-electron chi connectivity index (χ2n) is 10.6. The van der Waals surface area contributed by atoms with Gasteiger partial charge in [-0.15, -0.1) is 10.2 Å². The number of ether oxygens (including phenoxy) is 2. The Morgan fingerprint density at radius 1 is 1.19 bits per heavy atom.